The summed E-state index contributed by atoms with van der Waals surface area (Å²) in [6.07, 6.45) is 5.27. The summed E-state index contributed by atoms with van der Waals surface area (Å²) in [7, 11) is 1.67. The first-order valence-electron chi connectivity index (χ1n) is 11.0. The van der Waals surface area contributed by atoms with Crippen molar-refractivity contribution in [3.05, 3.63) is 76.5 Å². The molecule has 2 aromatic carbocycles. The van der Waals surface area contributed by atoms with Crippen molar-refractivity contribution in [1.29, 1.82) is 0 Å². The Morgan fingerprint density at radius 3 is 2.68 bits per heavy atom. The minimum Gasteiger partial charge on any atom is -0.383 e. The van der Waals surface area contributed by atoms with Crippen molar-refractivity contribution >= 4 is 34.8 Å². The predicted molar refractivity (Wildman–Crippen MR) is 133 cm³/mol. The van der Waals surface area contributed by atoms with Gasteiger partial charge in [-0.05, 0) is 31.0 Å². The third-order valence-electron chi connectivity index (χ3n) is 6.03. The maximum Gasteiger partial charge on any atom is 0.271 e. The van der Waals surface area contributed by atoms with Gasteiger partial charge in [-0.3, -0.25) is 10.2 Å². The first kappa shape index (κ1) is 22.8. The molecular formula is C25H23Cl2N5O2. The van der Waals surface area contributed by atoms with Crippen LogP contribution in [0.25, 0.3) is 28.0 Å². The number of hydrogen-bond donors (Lipinski definition) is 1. The molecule has 0 saturated carbocycles. The maximum atomic E-state index is 13.2. The Balaban J connectivity index is 1.60. The number of hydrazine groups is 1. The number of benzene rings is 2. The van der Waals surface area contributed by atoms with Gasteiger partial charge in [0.25, 0.3) is 5.91 Å². The van der Waals surface area contributed by atoms with Gasteiger partial charge >= 0.3 is 0 Å². The van der Waals surface area contributed by atoms with Gasteiger partial charge in [-0.15, -0.1) is 0 Å². The normalized spacial score (nSPS) is 16.3. The quantitative estimate of drug-likeness (QED) is 0.401. The zero-order valence-electron chi connectivity index (χ0n) is 18.5. The molecule has 0 bridgehead atoms. The number of aromatic nitrogens is 3. The molecule has 1 unspecified atom stereocenters. The molecule has 0 radical (unpaired) electrons. The first-order chi connectivity index (χ1) is 16.6. The number of methoxy groups -OCH3 is 1. The SMILES string of the molecule is COCC1CCCN1NC(=O)c1cnn2c(-c3ccc(Cl)cc3)c(-c3ccccc3Cl)cnc12. The number of amides is 1. The van der Waals surface area contributed by atoms with Crippen LogP contribution in [-0.2, 0) is 4.74 Å². The average molecular weight is 496 g/mol. The van der Waals surface area contributed by atoms with Crippen molar-refractivity contribution in [3.8, 4) is 22.4 Å². The second-order valence-corrected chi connectivity index (χ2v) is 9.03. The van der Waals surface area contributed by atoms with E-state index in [1.54, 1.807) is 24.0 Å². The zero-order valence-corrected chi connectivity index (χ0v) is 20.1. The van der Waals surface area contributed by atoms with E-state index in [0.717, 1.165) is 41.8 Å². The molecule has 1 saturated heterocycles. The highest BCUT2D eigenvalue weighted by Crippen LogP contribution is 2.36. The van der Waals surface area contributed by atoms with E-state index in [2.05, 4.69) is 15.5 Å². The predicted octanol–water partition coefficient (Wildman–Crippen LogP) is 5.13. The van der Waals surface area contributed by atoms with Crippen molar-refractivity contribution in [2.45, 2.75) is 18.9 Å². The summed E-state index contributed by atoms with van der Waals surface area (Å²) < 4.78 is 6.98. The molecule has 1 fully saturated rings. The number of ether oxygens (including phenoxy) is 1. The van der Waals surface area contributed by atoms with E-state index in [4.69, 9.17) is 27.9 Å². The molecule has 3 heterocycles. The molecule has 2 aromatic heterocycles. The van der Waals surface area contributed by atoms with Crippen molar-refractivity contribution in [2.24, 2.45) is 0 Å². The summed E-state index contributed by atoms with van der Waals surface area (Å²) in [6.45, 7) is 1.34. The Kier molecular flexibility index (Phi) is 6.52. The van der Waals surface area contributed by atoms with Gasteiger partial charge in [0.2, 0.25) is 0 Å². The number of hydrogen-bond acceptors (Lipinski definition) is 5. The Hall–Kier alpha value is -2.97. The summed E-state index contributed by atoms with van der Waals surface area (Å²) in [5.74, 6) is -0.252. The van der Waals surface area contributed by atoms with Crippen LogP contribution < -0.4 is 5.43 Å². The topological polar surface area (TPSA) is 71.8 Å². The minimum atomic E-state index is -0.252. The fourth-order valence-electron chi connectivity index (χ4n) is 4.39. The Morgan fingerprint density at radius 1 is 1.12 bits per heavy atom. The van der Waals surface area contributed by atoms with Crippen LogP contribution in [-0.4, -0.2) is 51.8 Å². The van der Waals surface area contributed by atoms with E-state index < -0.39 is 0 Å². The molecule has 9 heteroatoms. The molecule has 7 nitrogen and oxygen atoms in total. The van der Waals surface area contributed by atoms with Gasteiger partial charge < -0.3 is 4.74 Å². The fourth-order valence-corrected chi connectivity index (χ4v) is 4.76. The molecule has 34 heavy (non-hydrogen) atoms. The Bertz CT molecular complexity index is 1340. The largest absolute Gasteiger partial charge is 0.383 e. The highest BCUT2D eigenvalue weighted by Gasteiger charge is 2.28. The van der Waals surface area contributed by atoms with E-state index in [9.17, 15) is 4.79 Å². The molecule has 1 amide bonds. The van der Waals surface area contributed by atoms with E-state index in [-0.39, 0.29) is 11.9 Å². The molecule has 0 spiro atoms. The second-order valence-electron chi connectivity index (χ2n) is 8.19. The van der Waals surface area contributed by atoms with Crippen LogP contribution in [0.1, 0.15) is 23.2 Å². The number of nitrogens with one attached hydrogen (secondary N) is 1. The number of halogens is 2. The molecule has 4 aromatic rings. The van der Waals surface area contributed by atoms with E-state index in [1.165, 1.54) is 0 Å². The van der Waals surface area contributed by atoms with Gasteiger partial charge in [0.15, 0.2) is 5.65 Å². The van der Waals surface area contributed by atoms with E-state index in [0.29, 0.717) is 27.9 Å². The van der Waals surface area contributed by atoms with Crippen LogP contribution in [0.3, 0.4) is 0 Å². The van der Waals surface area contributed by atoms with E-state index >= 15 is 0 Å². The number of nitrogens with zero attached hydrogens (tertiary/aromatic N) is 4. The van der Waals surface area contributed by atoms with Crippen LogP contribution in [0, 0.1) is 0 Å². The number of carbonyl (C=O) groups excluding carboxylic acids is 1. The van der Waals surface area contributed by atoms with Crippen molar-refractivity contribution < 1.29 is 9.53 Å². The average Bonchev–Trinajstić information content (AvgIpc) is 3.47. The second kappa shape index (κ2) is 9.72. The monoisotopic (exact) mass is 495 g/mol. The smallest absolute Gasteiger partial charge is 0.271 e. The lowest BCUT2D eigenvalue weighted by Crippen LogP contribution is -2.46. The lowest BCUT2D eigenvalue weighted by molar-refractivity contribution is 0.0612. The van der Waals surface area contributed by atoms with Crippen LogP contribution in [0.4, 0.5) is 0 Å². The minimum absolute atomic E-state index is 0.153. The van der Waals surface area contributed by atoms with Crippen LogP contribution in [0.5, 0.6) is 0 Å². The zero-order chi connectivity index (χ0) is 23.7. The lowest BCUT2D eigenvalue weighted by atomic mass is 10.0. The summed E-state index contributed by atoms with van der Waals surface area (Å²) in [4.78, 5) is 17.8. The molecule has 1 atom stereocenters. The Labute approximate surface area is 207 Å². The van der Waals surface area contributed by atoms with Gasteiger partial charge in [-0.25, -0.2) is 14.5 Å². The Morgan fingerprint density at radius 2 is 1.91 bits per heavy atom. The van der Waals surface area contributed by atoms with E-state index in [1.807, 2.05) is 53.5 Å². The lowest BCUT2D eigenvalue weighted by Gasteiger charge is -2.24. The van der Waals surface area contributed by atoms with Gasteiger partial charge in [-0.2, -0.15) is 5.10 Å². The molecule has 1 N–H and O–H groups in total. The fraction of sp³-hybridized carbons (Fsp3) is 0.240. The molecule has 1 aliphatic rings. The first-order valence-corrected chi connectivity index (χ1v) is 11.8. The number of carbonyl (C=O) groups is 1. The van der Waals surface area contributed by atoms with Crippen LogP contribution in [0.15, 0.2) is 60.9 Å². The number of rotatable bonds is 6. The summed E-state index contributed by atoms with van der Waals surface area (Å²) in [5, 5.41) is 7.73. The third-order valence-corrected chi connectivity index (χ3v) is 6.62. The van der Waals surface area contributed by atoms with Crippen LogP contribution >= 0.6 is 23.2 Å². The molecule has 174 valence electrons. The van der Waals surface area contributed by atoms with Crippen molar-refractivity contribution in [1.82, 2.24) is 25.0 Å². The summed E-state index contributed by atoms with van der Waals surface area (Å²) >= 11 is 12.7. The summed E-state index contributed by atoms with van der Waals surface area (Å²) in [5.41, 5.74) is 7.14. The maximum absolute atomic E-state index is 13.2. The van der Waals surface area contributed by atoms with Gasteiger partial charge in [0.1, 0.15) is 5.56 Å². The molecular weight excluding hydrogens is 473 g/mol. The van der Waals surface area contributed by atoms with Gasteiger partial charge in [0.05, 0.1) is 24.5 Å². The summed E-state index contributed by atoms with van der Waals surface area (Å²) in [6, 6.07) is 15.2. The number of fused-ring (bicyclic) bond motifs is 1. The van der Waals surface area contributed by atoms with Crippen molar-refractivity contribution in [3.63, 3.8) is 0 Å². The van der Waals surface area contributed by atoms with Crippen LogP contribution in [0.2, 0.25) is 10.0 Å². The molecule has 1 aliphatic heterocycles. The molecule has 5 rings (SSSR count). The van der Waals surface area contributed by atoms with Crippen molar-refractivity contribution in [2.75, 3.05) is 20.3 Å². The highest BCUT2D eigenvalue weighted by molar-refractivity contribution is 6.33. The molecule has 0 aliphatic carbocycles. The standard InChI is InChI=1S/C25H23Cl2N5O2/c1-34-15-18-5-4-12-31(18)30-25(33)21-14-29-32-23(16-8-10-17(26)11-9-16)20(13-28-24(21)32)19-6-2-3-7-22(19)27/h2-3,6-11,13-14,18H,4-5,12,15H2,1H3,(H,30,33). The van der Waals surface area contributed by atoms with Gasteiger partial charge in [0, 0.05) is 46.6 Å². The van der Waals surface area contributed by atoms with Gasteiger partial charge in [-0.1, -0.05) is 53.5 Å². The third kappa shape index (κ3) is 4.28. The highest BCUT2D eigenvalue weighted by atomic mass is 35.5.